The SMILES string of the molecule is C=CCOC(=O)N1CC(C)=C[C@]2(C)O[C@@H]3C(=O)N(C)C(=O)[C@@H]3[C@H]12. The van der Waals surface area contributed by atoms with Crippen LogP contribution >= 0.6 is 0 Å². The average molecular weight is 320 g/mol. The smallest absolute Gasteiger partial charge is 0.410 e. The third kappa shape index (κ3) is 2.18. The van der Waals surface area contributed by atoms with Crippen molar-refractivity contribution in [3.8, 4) is 0 Å². The zero-order valence-corrected chi connectivity index (χ0v) is 13.4. The number of rotatable bonds is 2. The van der Waals surface area contributed by atoms with Gasteiger partial charge < -0.3 is 9.47 Å². The molecule has 3 rings (SSSR count). The molecule has 3 aliphatic heterocycles. The van der Waals surface area contributed by atoms with E-state index in [1.54, 1.807) is 6.92 Å². The summed E-state index contributed by atoms with van der Waals surface area (Å²) in [5.41, 5.74) is 0.0461. The van der Waals surface area contributed by atoms with E-state index in [0.717, 1.165) is 10.5 Å². The van der Waals surface area contributed by atoms with Crippen LogP contribution in [0.15, 0.2) is 24.3 Å². The first kappa shape index (κ1) is 15.7. The summed E-state index contributed by atoms with van der Waals surface area (Å²) in [6.45, 7) is 7.62. The highest BCUT2D eigenvalue weighted by Gasteiger charge is 2.65. The van der Waals surface area contributed by atoms with Crippen LogP contribution in [0.3, 0.4) is 0 Å². The van der Waals surface area contributed by atoms with E-state index in [4.69, 9.17) is 9.47 Å². The number of hydrogen-bond donors (Lipinski definition) is 0. The lowest BCUT2D eigenvalue weighted by atomic mass is 9.82. The summed E-state index contributed by atoms with van der Waals surface area (Å²) >= 11 is 0. The lowest BCUT2D eigenvalue weighted by Gasteiger charge is -2.42. The summed E-state index contributed by atoms with van der Waals surface area (Å²) in [4.78, 5) is 39.7. The lowest BCUT2D eigenvalue weighted by Crippen LogP contribution is -2.57. The van der Waals surface area contributed by atoms with Gasteiger partial charge in [0.1, 0.15) is 12.2 Å². The molecular weight excluding hydrogens is 300 g/mol. The Morgan fingerprint density at radius 1 is 1.52 bits per heavy atom. The molecular formula is C16H20N2O5. The molecule has 0 radical (unpaired) electrons. The van der Waals surface area contributed by atoms with Crippen molar-refractivity contribution in [2.75, 3.05) is 20.2 Å². The van der Waals surface area contributed by atoms with Gasteiger partial charge in [-0.15, -0.1) is 0 Å². The zero-order valence-electron chi connectivity index (χ0n) is 13.4. The molecule has 2 saturated heterocycles. The number of carbonyl (C=O) groups excluding carboxylic acids is 3. The van der Waals surface area contributed by atoms with Crippen molar-refractivity contribution in [1.29, 1.82) is 0 Å². The normalized spacial score (nSPS) is 35.8. The van der Waals surface area contributed by atoms with E-state index in [9.17, 15) is 14.4 Å². The van der Waals surface area contributed by atoms with Gasteiger partial charge in [-0.2, -0.15) is 0 Å². The number of ether oxygens (including phenoxy) is 2. The van der Waals surface area contributed by atoms with Gasteiger partial charge in [-0.3, -0.25) is 19.4 Å². The second-order valence-electron chi connectivity index (χ2n) is 6.41. The molecule has 3 heterocycles. The van der Waals surface area contributed by atoms with Crippen LogP contribution in [0, 0.1) is 5.92 Å². The van der Waals surface area contributed by atoms with Gasteiger partial charge in [-0.25, -0.2) is 4.79 Å². The predicted molar refractivity (Wildman–Crippen MR) is 80.3 cm³/mol. The summed E-state index contributed by atoms with van der Waals surface area (Å²) in [6, 6.07) is -0.560. The van der Waals surface area contributed by atoms with Crippen molar-refractivity contribution in [3.05, 3.63) is 24.3 Å². The number of fused-ring (bicyclic) bond motifs is 3. The van der Waals surface area contributed by atoms with E-state index in [1.165, 1.54) is 18.0 Å². The molecule has 3 aliphatic rings. The van der Waals surface area contributed by atoms with Gasteiger partial charge >= 0.3 is 6.09 Å². The van der Waals surface area contributed by atoms with Gasteiger partial charge in [0.2, 0.25) is 5.91 Å². The van der Waals surface area contributed by atoms with Crippen LogP contribution in [0.5, 0.6) is 0 Å². The number of amides is 3. The minimum absolute atomic E-state index is 0.0866. The molecule has 0 aromatic rings. The molecule has 7 nitrogen and oxygen atoms in total. The van der Waals surface area contributed by atoms with Crippen LogP contribution in [0.25, 0.3) is 0 Å². The van der Waals surface area contributed by atoms with Gasteiger partial charge in [-0.05, 0) is 13.8 Å². The summed E-state index contributed by atoms with van der Waals surface area (Å²) in [5.74, 6) is -1.37. The maximum Gasteiger partial charge on any atom is 0.410 e. The Balaban J connectivity index is 1.99. The Morgan fingerprint density at radius 2 is 2.22 bits per heavy atom. The Hall–Kier alpha value is -2.15. The number of imide groups is 1. The third-order valence-electron chi connectivity index (χ3n) is 4.67. The van der Waals surface area contributed by atoms with Gasteiger partial charge in [-0.1, -0.05) is 24.3 Å². The van der Waals surface area contributed by atoms with E-state index in [0.29, 0.717) is 6.54 Å². The maximum absolute atomic E-state index is 12.5. The molecule has 0 aromatic carbocycles. The second kappa shape index (κ2) is 5.19. The molecule has 0 bridgehead atoms. The molecule has 4 atom stereocenters. The summed E-state index contributed by atoms with van der Waals surface area (Å²) < 4.78 is 11.1. The Bertz CT molecular complexity index is 628. The number of nitrogens with zero attached hydrogens (tertiary/aromatic N) is 2. The fourth-order valence-corrected chi connectivity index (χ4v) is 3.85. The Labute approximate surface area is 134 Å². The van der Waals surface area contributed by atoms with Gasteiger partial charge in [0.05, 0.1) is 12.0 Å². The third-order valence-corrected chi connectivity index (χ3v) is 4.67. The molecule has 3 amide bonds. The van der Waals surface area contributed by atoms with Crippen LogP contribution in [-0.4, -0.2) is 65.7 Å². The van der Waals surface area contributed by atoms with Crippen LogP contribution < -0.4 is 0 Å². The standard InChI is InChI=1S/C16H20N2O5/c1-5-6-22-15(21)18-8-9(2)7-16(3)12(18)10-11(23-16)14(20)17(4)13(10)19/h5,7,10-12H,1,6,8H2,2-4H3/t10-,11-,12-,16-/m0/s1. The first-order chi connectivity index (χ1) is 10.8. The zero-order chi connectivity index (χ0) is 16.9. The van der Waals surface area contributed by atoms with Crippen molar-refractivity contribution in [2.24, 2.45) is 5.92 Å². The number of likely N-dealkylation sites (N-methyl/N-ethyl adjacent to an activating group) is 1. The first-order valence-electron chi connectivity index (χ1n) is 7.52. The Kier molecular flexibility index (Phi) is 3.55. The monoisotopic (exact) mass is 320 g/mol. The molecule has 2 fully saturated rings. The molecule has 23 heavy (non-hydrogen) atoms. The van der Waals surface area contributed by atoms with Gasteiger partial charge in [0.15, 0.2) is 6.10 Å². The minimum Gasteiger partial charge on any atom is -0.445 e. The van der Waals surface area contributed by atoms with E-state index in [1.807, 2.05) is 13.0 Å². The average Bonchev–Trinajstić information content (AvgIpc) is 2.90. The minimum atomic E-state index is -0.878. The largest absolute Gasteiger partial charge is 0.445 e. The van der Waals surface area contributed by atoms with Crippen LogP contribution in [-0.2, 0) is 19.1 Å². The van der Waals surface area contributed by atoms with Crippen molar-refractivity contribution >= 4 is 17.9 Å². The molecule has 0 N–H and O–H groups in total. The molecule has 0 aromatic heterocycles. The van der Waals surface area contributed by atoms with Crippen molar-refractivity contribution in [2.45, 2.75) is 31.6 Å². The second-order valence-corrected chi connectivity index (χ2v) is 6.41. The van der Waals surface area contributed by atoms with E-state index >= 15 is 0 Å². The van der Waals surface area contributed by atoms with Gasteiger partial charge in [0.25, 0.3) is 5.91 Å². The van der Waals surface area contributed by atoms with E-state index in [2.05, 4.69) is 6.58 Å². The quantitative estimate of drug-likeness (QED) is 0.553. The number of carbonyl (C=O) groups is 3. The molecule has 0 aliphatic carbocycles. The molecule has 124 valence electrons. The van der Waals surface area contributed by atoms with E-state index < -0.39 is 29.8 Å². The summed E-state index contributed by atoms with van der Waals surface area (Å²) in [6.07, 6.45) is 2.00. The highest BCUT2D eigenvalue weighted by atomic mass is 16.6. The summed E-state index contributed by atoms with van der Waals surface area (Å²) in [7, 11) is 1.44. The molecule has 0 saturated carbocycles. The fraction of sp³-hybridized carbons (Fsp3) is 0.562. The number of hydrogen-bond acceptors (Lipinski definition) is 5. The van der Waals surface area contributed by atoms with Crippen LogP contribution in [0.1, 0.15) is 13.8 Å². The topological polar surface area (TPSA) is 76.2 Å². The van der Waals surface area contributed by atoms with Crippen molar-refractivity contribution < 1.29 is 23.9 Å². The number of likely N-dealkylation sites (tertiary alicyclic amines) is 1. The fourth-order valence-electron chi connectivity index (χ4n) is 3.85. The van der Waals surface area contributed by atoms with Crippen LogP contribution in [0.4, 0.5) is 4.79 Å². The van der Waals surface area contributed by atoms with Gasteiger partial charge in [0, 0.05) is 13.6 Å². The first-order valence-corrected chi connectivity index (χ1v) is 7.52. The highest BCUT2D eigenvalue weighted by Crippen LogP contribution is 2.46. The van der Waals surface area contributed by atoms with Crippen molar-refractivity contribution in [3.63, 3.8) is 0 Å². The molecule has 0 unspecified atom stereocenters. The highest BCUT2D eigenvalue weighted by molar-refractivity contribution is 6.07. The predicted octanol–water partition coefficient (Wildman–Crippen LogP) is 0.712. The van der Waals surface area contributed by atoms with Crippen molar-refractivity contribution in [1.82, 2.24) is 9.80 Å². The molecule has 0 spiro atoms. The van der Waals surface area contributed by atoms with Crippen LogP contribution in [0.2, 0.25) is 0 Å². The lowest BCUT2D eigenvalue weighted by molar-refractivity contribution is -0.145. The maximum atomic E-state index is 12.5. The molecule has 7 heteroatoms. The Morgan fingerprint density at radius 3 is 2.87 bits per heavy atom. The summed E-state index contributed by atoms with van der Waals surface area (Å²) in [5, 5.41) is 0. The van der Waals surface area contributed by atoms with E-state index in [-0.39, 0.29) is 18.4 Å².